The molecule has 1 aliphatic rings. The first-order chi connectivity index (χ1) is 13.2. The van der Waals surface area contributed by atoms with E-state index in [-0.39, 0.29) is 0 Å². The quantitative estimate of drug-likeness (QED) is 0.350. The van der Waals surface area contributed by atoms with E-state index in [0.29, 0.717) is 12.0 Å². The first kappa shape index (κ1) is 21.7. The van der Waals surface area contributed by atoms with Crippen molar-refractivity contribution in [2.45, 2.75) is 59.1 Å². The van der Waals surface area contributed by atoms with Crippen molar-refractivity contribution in [3.8, 4) is 0 Å². The van der Waals surface area contributed by atoms with Crippen molar-refractivity contribution in [3.05, 3.63) is 35.4 Å². The molecule has 152 valence electrons. The van der Waals surface area contributed by atoms with Crippen molar-refractivity contribution >= 4 is 5.96 Å². The molecular weight excluding hydrogens is 338 g/mol. The number of aliphatic imine (C=N–C) groups is 1. The van der Waals surface area contributed by atoms with Crippen molar-refractivity contribution < 1.29 is 9.47 Å². The Labute approximate surface area is 164 Å². The summed E-state index contributed by atoms with van der Waals surface area (Å²) in [5.74, 6) is 0.865. The average Bonchev–Trinajstić information content (AvgIpc) is 3.16. The number of guanidine groups is 1. The first-order valence-corrected chi connectivity index (χ1v) is 10.4. The fraction of sp³-hybridized carbons (Fsp3) is 0.682. The molecule has 2 N–H and O–H groups in total. The van der Waals surface area contributed by atoms with Gasteiger partial charge in [-0.25, -0.2) is 0 Å². The van der Waals surface area contributed by atoms with Crippen LogP contribution in [0.25, 0.3) is 0 Å². The van der Waals surface area contributed by atoms with E-state index in [1.54, 1.807) is 0 Å². The van der Waals surface area contributed by atoms with Crippen LogP contribution in [0.3, 0.4) is 0 Å². The lowest BCUT2D eigenvalue weighted by Gasteiger charge is -2.30. The molecule has 2 rings (SSSR count). The zero-order chi connectivity index (χ0) is 19.4. The van der Waals surface area contributed by atoms with Crippen molar-refractivity contribution in [2.24, 2.45) is 10.4 Å². The summed E-state index contributed by atoms with van der Waals surface area (Å²) in [6.45, 7) is 8.83. The number of hydrogen-bond donors (Lipinski definition) is 2. The Balaban J connectivity index is 1.87. The Hall–Kier alpha value is -1.59. The second-order valence-corrected chi connectivity index (χ2v) is 7.34. The lowest BCUT2D eigenvalue weighted by atomic mass is 9.83. The Morgan fingerprint density at radius 1 is 1.04 bits per heavy atom. The van der Waals surface area contributed by atoms with Crippen LogP contribution in [0.5, 0.6) is 0 Å². The molecule has 0 aromatic heterocycles. The van der Waals surface area contributed by atoms with Gasteiger partial charge in [0.1, 0.15) is 0 Å². The summed E-state index contributed by atoms with van der Waals surface area (Å²) in [4.78, 5) is 4.42. The topological polar surface area (TPSA) is 54.9 Å². The molecule has 1 aromatic carbocycles. The van der Waals surface area contributed by atoms with Gasteiger partial charge in [0.2, 0.25) is 0 Å². The number of benzene rings is 1. The highest BCUT2D eigenvalue weighted by atomic mass is 16.5. The summed E-state index contributed by atoms with van der Waals surface area (Å²) >= 11 is 0. The second kappa shape index (κ2) is 12.0. The van der Waals surface area contributed by atoms with E-state index in [9.17, 15) is 0 Å². The van der Waals surface area contributed by atoms with Crippen LogP contribution in [-0.2, 0) is 22.6 Å². The van der Waals surface area contributed by atoms with Crippen LogP contribution >= 0.6 is 0 Å². The summed E-state index contributed by atoms with van der Waals surface area (Å²) in [5.41, 5.74) is 2.83. The van der Waals surface area contributed by atoms with Gasteiger partial charge in [-0.15, -0.1) is 0 Å². The average molecular weight is 376 g/mol. The van der Waals surface area contributed by atoms with Crippen molar-refractivity contribution in [1.82, 2.24) is 10.6 Å². The molecule has 0 amide bonds. The maximum absolute atomic E-state index is 5.62. The molecule has 1 aromatic rings. The lowest BCUT2D eigenvalue weighted by molar-refractivity contribution is 0.105. The first-order valence-electron chi connectivity index (χ1n) is 10.4. The Kier molecular flexibility index (Phi) is 9.64. The van der Waals surface area contributed by atoms with Gasteiger partial charge < -0.3 is 20.1 Å². The Bertz CT molecular complexity index is 568. The van der Waals surface area contributed by atoms with Crippen LogP contribution in [-0.4, -0.2) is 39.4 Å². The summed E-state index contributed by atoms with van der Waals surface area (Å²) < 4.78 is 11.2. The van der Waals surface area contributed by atoms with Crippen molar-refractivity contribution in [1.29, 1.82) is 0 Å². The Morgan fingerprint density at radius 2 is 1.74 bits per heavy atom. The highest BCUT2D eigenvalue weighted by molar-refractivity contribution is 5.79. The minimum atomic E-state index is 0.347. The summed E-state index contributed by atoms with van der Waals surface area (Å²) in [6, 6.07) is 8.41. The summed E-state index contributed by atoms with van der Waals surface area (Å²) in [6.07, 6.45) is 6.33. The summed E-state index contributed by atoms with van der Waals surface area (Å²) in [5, 5.41) is 7.03. The van der Waals surface area contributed by atoms with Gasteiger partial charge in [0, 0.05) is 40.0 Å². The number of ether oxygens (including phenoxy) is 2. The molecule has 0 radical (unpaired) electrons. The predicted molar refractivity (Wildman–Crippen MR) is 112 cm³/mol. The van der Waals surface area contributed by atoms with E-state index in [4.69, 9.17) is 9.47 Å². The van der Waals surface area contributed by atoms with E-state index in [0.717, 1.165) is 45.3 Å². The third kappa shape index (κ3) is 7.15. The maximum atomic E-state index is 5.62. The molecule has 0 atom stereocenters. The van der Waals surface area contributed by atoms with E-state index >= 15 is 0 Å². The van der Waals surface area contributed by atoms with Gasteiger partial charge in [-0.2, -0.15) is 0 Å². The number of rotatable bonds is 11. The van der Waals surface area contributed by atoms with Crippen LogP contribution in [0.4, 0.5) is 0 Å². The number of nitrogens with one attached hydrogen (secondary N) is 2. The van der Waals surface area contributed by atoms with E-state index < -0.39 is 0 Å². The minimum absolute atomic E-state index is 0.347. The van der Waals surface area contributed by atoms with Crippen molar-refractivity contribution in [3.63, 3.8) is 0 Å². The monoisotopic (exact) mass is 375 g/mol. The standard InChI is InChI=1S/C22H37N3O2/c1-4-26-15-14-22(12-8-9-13-22)18-25-21(23-3)24-16-19-10-6-7-11-20(19)17-27-5-2/h6-7,10-11H,4-5,8-9,12-18H2,1-3H3,(H2,23,24,25). The zero-order valence-electron chi connectivity index (χ0n) is 17.4. The molecule has 0 saturated heterocycles. The highest BCUT2D eigenvalue weighted by Crippen LogP contribution is 2.40. The van der Waals surface area contributed by atoms with Gasteiger partial charge in [-0.3, -0.25) is 4.99 Å². The normalized spacial score (nSPS) is 16.5. The molecule has 0 unspecified atom stereocenters. The molecule has 5 heteroatoms. The number of nitrogens with zero attached hydrogens (tertiary/aromatic N) is 1. The Morgan fingerprint density at radius 3 is 2.41 bits per heavy atom. The highest BCUT2D eigenvalue weighted by Gasteiger charge is 2.33. The van der Waals surface area contributed by atoms with Crippen LogP contribution < -0.4 is 10.6 Å². The van der Waals surface area contributed by atoms with E-state index in [2.05, 4.69) is 46.8 Å². The molecular formula is C22H37N3O2. The molecule has 27 heavy (non-hydrogen) atoms. The van der Waals surface area contributed by atoms with E-state index in [1.165, 1.54) is 36.8 Å². The fourth-order valence-electron chi connectivity index (χ4n) is 3.83. The van der Waals surface area contributed by atoms with Crippen LogP contribution in [0.1, 0.15) is 57.1 Å². The molecule has 5 nitrogen and oxygen atoms in total. The van der Waals surface area contributed by atoms with Gasteiger partial charge in [0.15, 0.2) is 5.96 Å². The molecule has 0 spiro atoms. The third-order valence-corrected chi connectivity index (χ3v) is 5.53. The molecule has 0 aliphatic heterocycles. The predicted octanol–water partition coefficient (Wildman–Crippen LogP) is 3.88. The fourth-order valence-corrected chi connectivity index (χ4v) is 3.83. The zero-order valence-corrected chi connectivity index (χ0v) is 17.4. The number of hydrogen-bond acceptors (Lipinski definition) is 3. The van der Waals surface area contributed by atoms with Gasteiger partial charge in [-0.05, 0) is 49.7 Å². The molecule has 0 bridgehead atoms. The van der Waals surface area contributed by atoms with Crippen LogP contribution in [0.2, 0.25) is 0 Å². The molecule has 1 saturated carbocycles. The second-order valence-electron chi connectivity index (χ2n) is 7.34. The van der Waals surface area contributed by atoms with Gasteiger partial charge in [0.25, 0.3) is 0 Å². The molecule has 0 heterocycles. The van der Waals surface area contributed by atoms with Gasteiger partial charge >= 0.3 is 0 Å². The van der Waals surface area contributed by atoms with Crippen molar-refractivity contribution in [2.75, 3.05) is 33.4 Å². The minimum Gasteiger partial charge on any atom is -0.382 e. The lowest BCUT2D eigenvalue weighted by Crippen LogP contribution is -2.43. The van der Waals surface area contributed by atoms with Gasteiger partial charge in [0.05, 0.1) is 6.61 Å². The maximum Gasteiger partial charge on any atom is 0.191 e. The van der Waals surface area contributed by atoms with Crippen LogP contribution in [0, 0.1) is 5.41 Å². The van der Waals surface area contributed by atoms with E-state index in [1.807, 2.05) is 14.0 Å². The van der Waals surface area contributed by atoms with Gasteiger partial charge in [-0.1, -0.05) is 37.1 Å². The summed E-state index contributed by atoms with van der Waals surface area (Å²) in [7, 11) is 1.84. The largest absolute Gasteiger partial charge is 0.382 e. The third-order valence-electron chi connectivity index (χ3n) is 5.53. The molecule has 1 aliphatic carbocycles. The molecule has 1 fully saturated rings. The van der Waals surface area contributed by atoms with Crippen LogP contribution in [0.15, 0.2) is 29.3 Å². The SMILES string of the molecule is CCOCCC1(CNC(=NC)NCc2ccccc2COCC)CCCC1. The smallest absolute Gasteiger partial charge is 0.191 e.